The Labute approximate surface area is 117 Å². The number of ketones is 1. The van der Waals surface area contributed by atoms with Gasteiger partial charge in [0, 0.05) is 12.0 Å². The van der Waals surface area contributed by atoms with Gasteiger partial charge in [0.2, 0.25) is 0 Å². The second-order valence-electron chi connectivity index (χ2n) is 4.41. The predicted molar refractivity (Wildman–Crippen MR) is 65.8 cm³/mol. The summed E-state index contributed by atoms with van der Waals surface area (Å²) in [6.45, 7) is 0. The van der Waals surface area contributed by atoms with Gasteiger partial charge in [-0.3, -0.25) is 4.79 Å². The Bertz CT molecular complexity index is 659. The van der Waals surface area contributed by atoms with Crippen molar-refractivity contribution >= 4 is 5.78 Å². The van der Waals surface area contributed by atoms with Crippen molar-refractivity contribution in [1.29, 1.82) is 0 Å². The van der Waals surface area contributed by atoms with Crippen molar-refractivity contribution in [3.8, 4) is 0 Å². The van der Waals surface area contributed by atoms with E-state index in [-0.39, 0.29) is 6.42 Å². The van der Waals surface area contributed by atoms with Crippen LogP contribution >= 0.6 is 0 Å². The van der Waals surface area contributed by atoms with E-state index in [1.165, 1.54) is 12.1 Å². The summed E-state index contributed by atoms with van der Waals surface area (Å²) in [7, 11) is 0. The highest BCUT2D eigenvalue weighted by molar-refractivity contribution is 5.99. The Kier molecular flexibility index (Phi) is 4.06. The first-order valence-corrected chi connectivity index (χ1v) is 5.92. The van der Waals surface area contributed by atoms with Crippen LogP contribution in [-0.4, -0.2) is 5.78 Å². The highest BCUT2D eigenvalue weighted by atomic mass is 19.4. The van der Waals surface area contributed by atoms with E-state index < -0.39 is 34.7 Å². The molecule has 6 heteroatoms. The Morgan fingerprint density at radius 2 is 1.48 bits per heavy atom. The molecule has 0 aliphatic heterocycles. The summed E-state index contributed by atoms with van der Waals surface area (Å²) in [6, 6.07) is 6.52. The van der Waals surface area contributed by atoms with Crippen LogP contribution < -0.4 is 0 Å². The van der Waals surface area contributed by atoms with E-state index in [1.807, 2.05) is 0 Å². The summed E-state index contributed by atoms with van der Waals surface area (Å²) in [5.74, 6) is -2.33. The number of hydrogen-bond acceptors (Lipinski definition) is 1. The average Bonchev–Trinajstić information content (AvgIpc) is 2.40. The maximum atomic E-state index is 13.1. The summed E-state index contributed by atoms with van der Waals surface area (Å²) >= 11 is 0. The van der Waals surface area contributed by atoms with Crippen molar-refractivity contribution in [2.75, 3.05) is 0 Å². The second-order valence-corrected chi connectivity index (χ2v) is 4.41. The van der Waals surface area contributed by atoms with Gasteiger partial charge < -0.3 is 0 Å². The lowest BCUT2D eigenvalue weighted by molar-refractivity contribution is -0.137. The molecule has 0 radical (unpaired) electrons. The van der Waals surface area contributed by atoms with Crippen LogP contribution in [0.15, 0.2) is 42.5 Å². The fourth-order valence-electron chi connectivity index (χ4n) is 1.88. The molecule has 0 aliphatic carbocycles. The lowest BCUT2D eigenvalue weighted by atomic mass is 9.98. The first-order valence-electron chi connectivity index (χ1n) is 5.92. The van der Waals surface area contributed by atoms with E-state index in [0.717, 1.165) is 12.1 Å². The SMILES string of the molecule is O=C(Cc1ccc(F)cc1)c1cc(F)ccc1C(F)(F)F. The number of benzene rings is 2. The molecule has 0 saturated carbocycles. The molecule has 0 N–H and O–H groups in total. The summed E-state index contributed by atoms with van der Waals surface area (Å²) in [6.07, 6.45) is -5.12. The molecule has 2 rings (SSSR count). The van der Waals surface area contributed by atoms with Gasteiger partial charge in [0.25, 0.3) is 0 Å². The highest BCUT2D eigenvalue weighted by Gasteiger charge is 2.35. The molecule has 0 spiro atoms. The molecule has 0 unspecified atom stereocenters. The topological polar surface area (TPSA) is 17.1 Å². The molecule has 1 nitrogen and oxygen atoms in total. The van der Waals surface area contributed by atoms with Crippen LogP contribution in [0.5, 0.6) is 0 Å². The van der Waals surface area contributed by atoms with Gasteiger partial charge in [-0.1, -0.05) is 12.1 Å². The summed E-state index contributed by atoms with van der Waals surface area (Å²) in [5, 5.41) is 0. The molecule has 0 aromatic heterocycles. The van der Waals surface area contributed by atoms with Gasteiger partial charge in [-0.2, -0.15) is 13.2 Å². The fourth-order valence-corrected chi connectivity index (χ4v) is 1.88. The minimum atomic E-state index is -4.75. The van der Waals surface area contributed by atoms with Gasteiger partial charge in [-0.05, 0) is 35.9 Å². The monoisotopic (exact) mass is 300 g/mol. The van der Waals surface area contributed by atoms with Crippen LogP contribution in [0, 0.1) is 11.6 Å². The molecule has 110 valence electrons. The quantitative estimate of drug-likeness (QED) is 0.606. The third kappa shape index (κ3) is 3.65. The van der Waals surface area contributed by atoms with Crippen LogP contribution in [0.3, 0.4) is 0 Å². The Hall–Kier alpha value is -2.24. The number of Topliss-reactive ketones (excluding diaryl/α,β-unsaturated/α-hetero) is 1. The molecule has 0 heterocycles. The molecule has 2 aromatic carbocycles. The Morgan fingerprint density at radius 3 is 2.05 bits per heavy atom. The largest absolute Gasteiger partial charge is 0.417 e. The standard InChI is InChI=1S/C15H9F5O/c16-10-3-1-9(2-4-10)7-14(21)12-8-11(17)5-6-13(12)15(18,19)20/h1-6,8H,7H2. The van der Waals surface area contributed by atoms with Crippen molar-refractivity contribution < 1.29 is 26.7 Å². The average molecular weight is 300 g/mol. The minimum absolute atomic E-state index is 0.346. The molecule has 0 saturated heterocycles. The van der Waals surface area contributed by atoms with Crippen molar-refractivity contribution in [3.63, 3.8) is 0 Å². The zero-order valence-corrected chi connectivity index (χ0v) is 10.5. The van der Waals surface area contributed by atoms with Crippen LogP contribution in [0.2, 0.25) is 0 Å². The van der Waals surface area contributed by atoms with E-state index in [1.54, 1.807) is 0 Å². The number of carbonyl (C=O) groups is 1. The molecule has 2 aromatic rings. The second kappa shape index (κ2) is 5.63. The van der Waals surface area contributed by atoms with E-state index in [2.05, 4.69) is 0 Å². The van der Waals surface area contributed by atoms with Gasteiger partial charge in [-0.15, -0.1) is 0 Å². The van der Waals surface area contributed by atoms with E-state index in [0.29, 0.717) is 23.8 Å². The fraction of sp³-hybridized carbons (Fsp3) is 0.133. The number of hydrogen-bond donors (Lipinski definition) is 0. The molecule has 0 amide bonds. The van der Waals surface area contributed by atoms with Gasteiger partial charge >= 0.3 is 6.18 Å². The number of carbonyl (C=O) groups excluding carboxylic acids is 1. The lowest BCUT2D eigenvalue weighted by Gasteiger charge is -2.12. The maximum absolute atomic E-state index is 13.1. The van der Waals surface area contributed by atoms with Crippen LogP contribution in [0.25, 0.3) is 0 Å². The van der Waals surface area contributed by atoms with Crippen molar-refractivity contribution in [2.24, 2.45) is 0 Å². The van der Waals surface area contributed by atoms with Gasteiger partial charge in [0.15, 0.2) is 5.78 Å². The smallest absolute Gasteiger partial charge is 0.294 e. The maximum Gasteiger partial charge on any atom is 0.417 e. The zero-order chi connectivity index (χ0) is 15.6. The highest BCUT2D eigenvalue weighted by Crippen LogP contribution is 2.33. The molecular formula is C15H9F5O. The summed E-state index contributed by atoms with van der Waals surface area (Å²) < 4.78 is 64.3. The summed E-state index contributed by atoms with van der Waals surface area (Å²) in [5.41, 5.74) is -1.57. The molecule has 0 atom stereocenters. The van der Waals surface area contributed by atoms with Crippen LogP contribution in [0.4, 0.5) is 22.0 Å². The number of rotatable bonds is 3. The normalized spacial score (nSPS) is 11.5. The third-order valence-electron chi connectivity index (χ3n) is 2.87. The van der Waals surface area contributed by atoms with Crippen LogP contribution in [-0.2, 0) is 12.6 Å². The van der Waals surface area contributed by atoms with E-state index in [4.69, 9.17) is 0 Å². The zero-order valence-electron chi connectivity index (χ0n) is 10.5. The van der Waals surface area contributed by atoms with Crippen molar-refractivity contribution in [2.45, 2.75) is 12.6 Å². The molecule has 0 bridgehead atoms. The van der Waals surface area contributed by atoms with Crippen LogP contribution in [0.1, 0.15) is 21.5 Å². The minimum Gasteiger partial charge on any atom is -0.294 e. The third-order valence-corrected chi connectivity index (χ3v) is 2.87. The lowest BCUT2D eigenvalue weighted by Crippen LogP contribution is -2.15. The van der Waals surface area contributed by atoms with E-state index >= 15 is 0 Å². The Morgan fingerprint density at radius 1 is 0.905 bits per heavy atom. The Balaban J connectivity index is 2.34. The van der Waals surface area contributed by atoms with Gasteiger partial charge in [0.1, 0.15) is 11.6 Å². The molecular weight excluding hydrogens is 291 g/mol. The van der Waals surface area contributed by atoms with Gasteiger partial charge in [-0.25, -0.2) is 8.78 Å². The van der Waals surface area contributed by atoms with Gasteiger partial charge in [0.05, 0.1) is 5.56 Å². The summed E-state index contributed by atoms with van der Waals surface area (Å²) in [4.78, 5) is 12.0. The molecule has 0 aliphatic rings. The number of halogens is 5. The first kappa shape index (κ1) is 15.2. The van der Waals surface area contributed by atoms with Crippen molar-refractivity contribution in [1.82, 2.24) is 0 Å². The van der Waals surface area contributed by atoms with E-state index in [9.17, 15) is 26.7 Å². The predicted octanol–water partition coefficient (Wildman–Crippen LogP) is 4.41. The van der Waals surface area contributed by atoms with Crippen molar-refractivity contribution in [3.05, 3.63) is 70.8 Å². The first-order chi connectivity index (χ1) is 9.77. The molecule has 21 heavy (non-hydrogen) atoms. The molecule has 0 fully saturated rings. The number of alkyl halides is 3.